The van der Waals surface area contributed by atoms with E-state index < -0.39 is 0 Å². The topological polar surface area (TPSA) is 81.2 Å². The molecule has 6 nitrogen and oxygen atoms in total. The Balaban J connectivity index is 1.91. The van der Waals surface area contributed by atoms with Gasteiger partial charge in [0, 0.05) is 10.3 Å². The van der Waals surface area contributed by atoms with E-state index in [4.69, 9.17) is 4.74 Å². The monoisotopic (exact) mass is 323 g/mol. The van der Waals surface area contributed by atoms with Gasteiger partial charge in [0.15, 0.2) is 5.69 Å². The lowest BCUT2D eigenvalue weighted by Gasteiger charge is -2.06. The molecule has 1 N–H and O–H groups in total. The average molecular weight is 323 g/mol. The predicted molar refractivity (Wildman–Crippen MR) is 80.2 cm³/mol. The normalized spacial score (nSPS) is 13.0. The Hall–Kier alpha value is -1.80. The Labute approximate surface area is 129 Å². The molecule has 0 atom stereocenters. The van der Waals surface area contributed by atoms with E-state index in [-0.39, 0.29) is 17.6 Å². The number of esters is 1. The molecule has 0 unspecified atom stereocenters. The Morgan fingerprint density at radius 1 is 1.43 bits per heavy atom. The number of nitrogens with one attached hydrogen (secondary N) is 1. The number of rotatable bonds is 4. The van der Waals surface area contributed by atoms with Crippen LogP contribution in [-0.4, -0.2) is 28.1 Å². The number of aryl methyl sites for hydroxylation is 1. The van der Waals surface area contributed by atoms with Gasteiger partial charge in [-0.05, 0) is 43.3 Å². The quantitative estimate of drug-likeness (QED) is 0.874. The van der Waals surface area contributed by atoms with Crippen LogP contribution in [0.15, 0.2) is 5.38 Å². The molecule has 0 spiro atoms. The van der Waals surface area contributed by atoms with E-state index in [9.17, 15) is 9.59 Å². The van der Waals surface area contributed by atoms with Crippen molar-refractivity contribution in [3.8, 4) is 0 Å². The molecule has 2 heterocycles. The van der Waals surface area contributed by atoms with Crippen LogP contribution in [0.5, 0.6) is 0 Å². The van der Waals surface area contributed by atoms with Gasteiger partial charge < -0.3 is 10.1 Å². The average Bonchev–Trinajstić information content (AvgIpc) is 3.14. The van der Waals surface area contributed by atoms with Gasteiger partial charge >= 0.3 is 5.97 Å². The summed E-state index contributed by atoms with van der Waals surface area (Å²) in [5, 5.41) is 8.62. The first-order valence-corrected chi connectivity index (χ1v) is 8.26. The lowest BCUT2D eigenvalue weighted by atomic mass is 10.1. The molecule has 0 radical (unpaired) electrons. The van der Waals surface area contributed by atoms with Crippen molar-refractivity contribution in [2.45, 2.75) is 26.2 Å². The van der Waals surface area contributed by atoms with E-state index in [0.29, 0.717) is 17.2 Å². The summed E-state index contributed by atoms with van der Waals surface area (Å²) in [6.07, 6.45) is 2.84. The van der Waals surface area contributed by atoms with Gasteiger partial charge in [0.25, 0.3) is 5.91 Å². The first-order valence-electron chi connectivity index (χ1n) is 6.60. The summed E-state index contributed by atoms with van der Waals surface area (Å²) in [4.78, 5) is 25.4. The first kappa shape index (κ1) is 14.2. The largest absolute Gasteiger partial charge is 0.462 e. The number of nitrogens with zero attached hydrogens (tertiary/aromatic N) is 2. The van der Waals surface area contributed by atoms with E-state index >= 15 is 0 Å². The molecule has 0 fully saturated rings. The number of fused-ring (bicyclic) bond motifs is 1. The van der Waals surface area contributed by atoms with Crippen LogP contribution in [0.2, 0.25) is 0 Å². The summed E-state index contributed by atoms with van der Waals surface area (Å²) in [5.74, 6) is -0.724. The molecule has 0 saturated carbocycles. The number of carbonyl (C=O) groups excluding carboxylic acids is 2. The highest BCUT2D eigenvalue weighted by Gasteiger charge is 2.28. The lowest BCUT2D eigenvalue weighted by Crippen LogP contribution is -2.15. The maximum absolute atomic E-state index is 12.2. The summed E-state index contributed by atoms with van der Waals surface area (Å²) < 4.78 is 8.78. The highest BCUT2D eigenvalue weighted by atomic mass is 32.1. The number of anilines is 1. The smallest absolute Gasteiger partial charge is 0.341 e. The summed E-state index contributed by atoms with van der Waals surface area (Å²) in [6.45, 7) is 2.08. The molecule has 3 rings (SSSR count). The predicted octanol–water partition coefficient (Wildman–Crippen LogP) is 2.52. The van der Waals surface area contributed by atoms with Gasteiger partial charge in [-0.3, -0.25) is 4.79 Å². The molecule has 0 aliphatic heterocycles. The van der Waals surface area contributed by atoms with Crippen molar-refractivity contribution in [1.29, 1.82) is 0 Å². The molecule has 2 aromatic heterocycles. The van der Waals surface area contributed by atoms with Crippen molar-refractivity contribution < 1.29 is 14.3 Å². The van der Waals surface area contributed by atoms with Gasteiger partial charge in [0.05, 0.1) is 12.2 Å². The third-order valence-electron chi connectivity index (χ3n) is 3.22. The molecule has 8 heteroatoms. The van der Waals surface area contributed by atoms with Gasteiger partial charge in [-0.15, -0.1) is 16.4 Å². The number of aromatic nitrogens is 2. The minimum absolute atomic E-state index is 0.253. The van der Waals surface area contributed by atoms with E-state index in [1.807, 2.05) is 0 Å². The third-order valence-corrected chi connectivity index (χ3v) is 4.93. The minimum Gasteiger partial charge on any atom is -0.462 e. The number of amides is 1. The second kappa shape index (κ2) is 5.90. The zero-order valence-electron chi connectivity index (χ0n) is 11.3. The van der Waals surface area contributed by atoms with Crippen molar-refractivity contribution in [1.82, 2.24) is 9.59 Å². The van der Waals surface area contributed by atoms with E-state index in [1.54, 1.807) is 12.3 Å². The summed E-state index contributed by atoms with van der Waals surface area (Å²) >= 11 is 2.56. The number of ether oxygens (including phenoxy) is 1. The Bertz CT molecular complexity index is 679. The highest BCUT2D eigenvalue weighted by molar-refractivity contribution is 7.17. The van der Waals surface area contributed by atoms with Gasteiger partial charge in [0.2, 0.25) is 0 Å². The van der Waals surface area contributed by atoms with Crippen LogP contribution in [0.3, 0.4) is 0 Å². The van der Waals surface area contributed by atoms with E-state index in [1.165, 1.54) is 11.3 Å². The molecule has 1 aliphatic carbocycles. The highest BCUT2D eigenvalue weighted by Crippen LogP contribution is 2.39. The van der Waals surface area contributed by atoms with Crippen LogP contribution in [0.1, 0.15) is 44.6 Å². The summed E-state index contributed by atoms with van der Waals surface area (Å²) in [6, 6.07) is 0. The first-order chi connectivity index (χ1) is 10.2. The molecule has 0 bridgehead atoms. The van der Waals surface area contributed by atoms with Crippen molar-refractivity contribution in [2.24, 2.45) is 0 Å². The van der Waals surface area contributed by atoms with Gasteiger partial charge in [-0.25, -0.2) is 4.79 Å². The number of hydrogen-bond acceptors (Lipinski definition) is 7. The SMILES string of the molecule is CCOC(=O)c1c(NC(=O)c2csnn2)sc2c1CCC2. The van der Waals surface area contributed by atoms with Gasteiger partial charge in [-0.2, -0.15) is 0 Å². The van der Waals surface area contributed by atoms with Crippen LogP contribution < -0.4 is 5.32 Å². The fourth-order valence-electron chi connectivity index (χ4n) is 2.34. The van der Waals surface area contributed by atoms with Crippen molar-refractivity contribution in [3.05, 3.63) is 27.1 Å². The van der Waals surface area contributed by atoms with E-state index in [2.05, 4.69) is 14.9 Å². The maximum Gasteiger partial charge on any atom is 0.341 e. The molecule has 1 amide bonds. The van der Waals surface area contributed by atoms with Crippen LogP contribution in [0.25, 0.3) is 0 Å². The minimum atomic E-state index is -0.372. The number of hydrogen-bond donors (Lipinski definition) is 1. The maximum atomic E-state index is 12.2. The summed E-state index contributed by atoms with van der Waals surface area (Å²) in [7, 11) is 0. The van der Waals surface area contributed by atoms with Crippen molar-refractivity contribution in [3.63, 3.8) is 0 Å². The van der Waals surface area contributed by atoms with Gasteiger partial charge in [0.1, 0.15) is 5.00 Å². The molecule has 1 aliphatic rings. The molecule has 0 saturated heterocycles. The molecular formula is C13H13N3O3S2. The van der Waals surface area contributed by atoms with E-state index in [0.717, 1.165) is 41.2 Å². The second-order valence-electron chi connectivity index (χ2n) is 4.53. The zero-order chi connectivity index (χ0) is 14.8. The summed E-state index contributed by atoms with van der Waals surface area (Å²) in [5.41, 5.74) is 1.78. The zero-order valence-corrected chi connectivity index (χ0v) is 13.0. The fraction of sp³-hybridized carbons (Fsp3) is 0.385. The van der Waals surface area contributed by atoms with Crippen LogP contribution in [0, 0.1) is 0 Å². The molecule has 21 heavy (non-hydrogen) atoms. The molecule has 2 aromatic rings. The standard InChI is InChI=1S/C13H13N3O3S2/c1-2-19-13(18)10-7-4-3-5-9(7)21-12(10)14-11(17)8-6-20-16-15-8/h6H,2-5H2,1H3,(H,14,17). The molecule has 0 aromatic carbocycles. The molecule has 110 valence electrons. The van der Waals surface area contributed by atoms with Crippen LogP contribution >= 0.6 is 22.9 Å². The van der Waals surface area contributed by atoms with Crippen molar-refractivity contribution >= 4 is 39.7 Å². The third kappa shape index (κ3) is 2.68. The fourth-order valence-corrected chi connectivity index (χ4v) is 4.05. The second-order valence-corrected chi connectivity index (χ2v) is 6.24. The number of thiophene rings is 1. The number of carbonyl (C=O) groups is 2. The van der Waals surface area contributed by atoms with Crippen LogP contribution in [0.4, 0.5) is 5.00 Å². The Morgan fingerprint density at radius 2 is 2.29 bits per heavy atom. The molecular weight excluding hydrogens is 310 g/mol. The Kier molecular flexibility index (Phi) is 3.98. The Morgan fingerprint density at radius 3 is 3.00 bits per heavy atom. The lowest BCUT2D eigenvalue weighted by molar-refractivity contribution is 0.0527. The van der Waals surface area contributed by atoms with Crippen LogP contribution in [-0.2, 0) is 17.6 Å². The van der Waals surface area contributed by atoms with Crippen molar-refractivity contribution in [2.75, 3.05) is 11.9 Å². The van der Waals surface area contributed by atoms with Gasteiger partial charge in [-0.1, -0.05) is 4.49 Å².